The van der Waals surface area contributed by atoms with Crippen molar-refractivity contribution in [2.75, 3.05) is 0 Å². The molecule has 0 unspecified atom stereocenters. The summed E-state index contributed by atoms with van der Waals surface area (Å²) in [5.74, 6) is -6.75. The molecule has 1 rings (SSSR count). The predicted molar refractivity (Wildman–Crippen MR) is 74.2 cm³/mol. The van der Waals surface area contributed by atoms with E-state index < -0.39 is 49.6 Å². The van der Waals surface area contributed by atoms with Crippen molar-refractivity contribution in [2.45, 2.75) is 49.4 Å². The van der Waals surface area contributed by atoms with E-state index >= 15 is 0 Å². The van der Waals surface area contributed by atoms with Gasteiger partial charge in [-0.2, -0.15) is 22.0 Å². The van der Waals surface area contributed by atoms with Crippen LogP contribution in [-0.2, 0) is 16.7 Å². The Morgan fingerprint density at radius 1 is 1.09 bits per heavy atom. The van der Waals surface area contributed by atoms with Gasteiger partial charge in [-0.3, -0.25) is 4.21 Å². The van der Waals surface area contributed by atoms with Crippen molar-refractivity contribution in [3.63, 3.8) is 0 Å². The summed E-state index contributed by atoms with van der Waals surface area (Å²) in [4.78, 5) is 10.3. The average Bonchev–Trinajstić information content (AvgIpc) is 2.34. The van der Waals surface area contributed by atoms with Crippen LogP contribution < -0.4 is 0 Å². The van der Waals surface area contributed by atoms with E-state index in [0.29, 0.717) is 12.1 Å². The Balaban J connectivity index is 3.84. The Bertz CT molecular complexity index is 660. The third kappa shape index (κ3) is 3.54. The molecule has 1 aromatic carbocycles. The van der Waals surface area contributed by atoms with E-state index in [9.17, 15) is 31.0 Å². The summed E-state index contributed by atoms with van der Waals surface area (Å²) in [5.41, 5.74) is -2.33. The quantitative estimate of drug-likeness (QED) is 0.822. The van der Waals surface area contributed by atoms with Crippen LogP contribution in [0.3, 0.4) is 0 Å². The maximum absolute atomic E-state index is 13.8. The van der Waals surface area contributed by atoms with E-state index in [-0.39, 0.29) is 5.56 Å². The number of carboxylic acids is 1. The molecule has 0 fully saturated rings. The SMILES string of the molecule is Cc1c(C(=O)O)ccc(C(F)(F)C(F)(F)F)c1[S@](=O)C(C)(C)C. The molecule has 1 N–H and O–H groups in total. The number of benzene rings is 1. The Morgan fingerprint density at radius 2 is 1.57 bits per heavy atom. The lowest BCUT2D eigenvalue weighted by Crippen LogP contribution is -2.36. The highest BCUT2D eigenvalue weighted by Crippen LogP contribution is 2.47. The summed E-state index contributed by atoms with van der Waals surface area (Å²) in [6.07, 6.45) is -5.89. The summed E-state index contributed by atoms with van der Waals surface area (Å²) in [5, 5.41) is 9.02. The highest BCUT2D eigenvalue weighted by Gasteiger charge is 2.60. The van der Waals surface area contributed by atoms with Gasteiger partial charge in [0.25, 0.3) is 0 Å². The molecule has 0 aliphatic heterocycles. The summed E-state index contributed by atoms with van der Waals surface area (Å²) >= 11 is 0. The van der Waals surface area contributed by atoms with Gasteiger partial charge in [-0.25, -0.2) is 4.79 Å². The van der Waals surface area contributed by atoms with Crippen molar-refractivity contribution < 1.29 is 36.1 Å². The minimum Gasteiger partial charge on any atom is -0.478 e. The molecule has 130 valence electrons. The van der Waals surface area contributed by atoms with Crippen LogP contribution in [0.25, 0.3) is 0 Å². The molecule has 0 heterocycles. The second kappa shape index (κ2) is 5.85. The summed E-state index contributed by atoms with van der Waals surface area (Å²) in [7, 11) is -2.28. The summed E-state index contributed by atoms with van der Waals surface area (Å²) < 4.78 is 76.9. The predicted octanol–water partition coefficient (Wildman–Crippen LogP) is 4.25. The summed E-state index contributed by atoms with van der Waals surface area (Å²) in [6.45, 7) is 5.25. The van der Waals surface area contributed by atoms with E-state index in [2.05, 4.69) is 0 Å². The van der Waals surface area contributed by atoms with Gasteiger partial charge >= 0.3 is 18.1 Å². The molecule has 0 aliphatic rings. The number of hydrogen-bond acceptors (Lipinski definition) is 2. The molecule has 3 nitrogen and oxygen atoms in total. The molecular weight excluding hydrogens is 343 g/mol. The first-order valence-corrected chi connectivity index (χ1v) is 7.51. The molecule has 0 aromatic heterocycles. The normalized spacial score (nSPS) is 14.7. The van der Waals surface area contributed by atoms with Gasteiger partial charge in [-0.1, -0.05) is 6.07 Å². The number of rotatable bonds is 3. The van der Waals surface area contributed by atoms with Gasteiger partial charge < -0.3 is 5.11 Å². The van der Waals surface area contributed by atoms with Crippen molar-refractivity contribution in [3.05, 3.63) is 28.8 Å². The first kappa shape index (κ1) is 19.5. The largest absolute Gasteiger partial charge is 0.478 e. The van der Waals surface area contributed by atoms with Crippen LogP contribution in [0.2, 0.25) is 0 Å². The van der Waals surface area contributed by atoms with Crippen LogP contribution in [0, 0.1) is 6.92 Å². The number of hydrogen-bond donors (Lipinski definition) is 1. The number of carboxylic acid groups (broad SMARTS) is 1. The third-order valence-corrected chi connectivity index (χ3v) is 5.08. The fourth-order valence-corrected chi connectivity index (χ4v) is 3.26. The Morgan fingerprint density at radius 3 is 1.91 bits per heavy atom. The fourth-order valence-electron chi connectivity index (χ4n) is 1.87. The maximum atomic E-state index is 13.8. The van der Waals surface area contributed by atoms with Crippen molar-refractivity contribution >= 4 is 16.8 Å². The molecule has 0 amide bonds. The maximum Gasteiger partial charge on any atom is 0.458 e. The van der Waals surface area contributed by atoms with Crippen LogP contribution in [-0.4, -0.2) is 26.2 Å². The Labute approximate surface area is 132 Å². The minimum absolute atomic E-state index is 0.368. The molecule has 0 spiro atoms. The van der Waals surface area contributed by atoms with Gasteiger partial charge in [0, 0.05) is 10.3 Å². The Hall–Kier alpha value is -1.51. The van der Waals surface area contributed by atoms with E-state index in [1.165, 1.54) is 20.8 Å². The molecule has 1 atom stereocenters. The number of halogens is 5. The summed E-state index contributed by atoms with van der Waals surface area (Å²) in [6, 6.07) is 1.04. The van der Waals surface area contributed by atoms with Crippen molar-refractivity contribution in [1.82, 2.24) is 0 Å². The lowest BCUT2D eigenvalue weighted by atomic mass is 10.0. The fraction of sp³-hybridized carbons (Fsp3) is 0.500. The molecular formula is C14H15F5O3S. The van der Waals surface area contributed by atoms with Gasteiger partial charge in [0.05, 0.1) is 21.3 Å². The molecule has 0 saturated heterocycles. The van der Waals surface area contributed by atoms with Gasteiger partial charge in [0.15, 0.2) is 0 Å². The Kier molecular flexibility index (Phi) is 4.97. The van der Waals surface area contributed by atoms with Gasteiger partial charge in [-0.05, 0) is 39.3 Å². The molecule has 0 saturated carbocycles. The smallest absolute Gasteiger partial charge is 0.458 e. The minimum atomic E-state index is -5.89. The van der Waals surface area contributed by atoms with Gasteiger partial charge in [0.1, 0.15) is 0 Å². The molecule has 0 aliphatic carbocycles. The van der Waals surface area contributed by atoms with Crippen molar-refractivity contribution in [3.8, 4) is 0 Å². The first-order chi connectivity index (χ1) is 10.1. The first-order valence-electron chi connectivity index (χ1n) is 6.36. The second-order valence-corrected chi connectivity index (χ2v) is 8.04. The molecule has 23 heavy (non-hydrogen) atoms. The number of aromatic carboxylic acids is 1. The van der Waals surface area contributed by atoms with Crippen LogP contribution >= 0.6 is 0 Å². The number of carbonyl (C=O) groups is 1. The molecule has 0 bridgehead atoms. The highest BCUT2D eigenvalue weighted by molar-refractivity contribution is 7.86. The second-order valence-electron chi connectivity index (χ2n) is 5.87. The van der Waals surface area contributed by atoms with Crippen LogP contribution in [0.4, 0.5) is 22.0 Å². The monoisotopic (exact) mass is 358 g/mol. The molecule has 9 heteroatoms. The highest BCUT2D eigenvalue weighted by atomic mass is 32.2. The zero-order valence-electron chi connectivity index (χ0n) is 12.7. The average molecular weight is 358 g/mol. The zero-order valence-corrected chi connectivity index (χ0v) is 13.5. The molecule has 1 aromatic rings. The standard InChI is InChI=1S/C14H15F5O3S/c1-7-8(11(20)21)5-6-9(13(15,16)14(17,18)19)10(7)23(22)12(2,3)4/h5-6H,1-4H3,(H,20,21)/t23-/m0/s1. The lowest BCUT2D eigenvalue weighted by Gasteiger charge is -2.27. The van der Waals surface area contributed by atoms with Crippen LogP contribution in [0.1, 0.15) is 42.3 Å². The van der Waals surface area contributed by atoms with E-state index in [4.69, 9.17) is 5.11 Å². The van der Waals surface area contributed by atoms with E-state index in [1.807, 2.05) is 0 Å². The van der Waals surface area contributed by atoms with Crippen LogP contribution in [0.15, 0.2) is 17.0 Å². The van der Waals surface area contributed by atoms with Gasteiger partial charge in [-0.15, -0.1) is 0 Å². The van der Waals surface area contributed by atoms with E-state index in [1.54, 1.807) is 0 Å². The lowest BCUT2D eigenvalue weighted by molar-refractivity contribution is -0.290. The molecule has 0 radical (unpaired) electrons. The van der Waals surface area contributed by atoms with E-state index in [0.717, 1.165) is 6.92 Å². The third-order valence-electron chi connectivity index (χ3n) is 3.07. The van der Waals surface area contributed by atoms with Crippen LogP contribution in [0.5, 0.6) is 0 Å². The zero-order chi connectivity index (χ0) is 18.4. The van der Waals surface area contributed by atoms with Gasteiger partial charge in [0.2, 0.25) is 0 Å². The van der Waals surface area contributed by atoms with Crippen molar-refractivity contribution in [1.29, 1.82) is 0 Å². The van der Waals surface area contributed by atoms with Crippen molar-refractivity contribution in [2.24, 2.45) is 0 Å². The topological polar surface area (TPSA) is 54.4 Å². The number of alkyl halides is 5.